The van der Waals surface area contributed by atoms with Crippen molar-refractivity contribution in [1.29, 1.82) is 0 Å². The van der Waals surface area contributed by atoms with E-state index >= 15 is 0 Å². The number of imide groups is 1. The lowest BCUT2D eigenvalue weighted by Crippen LogP contribution is -2.63. The van der Waals surface area contributed by atoms with Crippen LogP contribution in [0.3, 0.4) is 0 Å². The Hall–Kier alpha value is -4.61. The second-order valence-electron chi connectivity index (χ2n) is 10.5. The molecule has 2 fully saturated rings. The highest BCUT2D eigenvalue weighted by atomic mass is 16.7. The van der Waals surface area contributed by atoms with Gasteiger partial charge in [-0.25, -0.2) is 9.59 Å². The number of esters is 1. The van der Waals surface area contributed by atoms with Gasteiger partial charge in [-0.2, -0.15) is 0 Å². The van der Waals surface area contributed by atoms with E-state index in [9.17, 15) is 24.0 Å². The summed E-state index contributed by atoms with van der Waals surface area (Å²) < 4.78 is 15.5. The van der Waals surface area contributed by atoms with Crippen LogP contribution in [0.1, 0.15) is 54.4 Å². The van der Waals surface area contributed by atoms with Crippen molar-refractivity contribution < 1.29 is 38.2 Å². The number of ether oxygens (including phenoxy) is 3. The number of fused-ring (bicyclic) bond motifs is 2. The number of anilines is 1. The van der Waals surface area contributed by atoms with Gasteiger partial charge in [0, 0.05) is 25.6 Å². The Morgan fingerprint density at radius 2 is 1.79 bits per heavy atom. The minimum atomic E-state index is -0.594. The molecule has 222 valence electrons. The molecule has 5 amide bonds. The summed E-state index contributed by atoms with van der Waals surface area (Å²) in [5, 5.41) is 5.56. The predicted octanol–water partition coefficient (Wildman–Crippen LogP) is 3.06. The van der Waals surface area contributed by atoms with Gasteiger partial charge in [0.2, 0.25) is 24.5 Å². The van der Waals surface area contributed by atoms with Crippen molar-refractivity contribution in [3.05, 3.63) is 53.6 Å². The molecule has 0 aromatic heterocycles. The molecular formula is C30H34N4O8. The predicted molar refractivity (Wildman–Crippen MR) is 150 cm³/mol. The van der Waals surface area contributed by atoms with E-state index in [1.807, 2.05) is 12.1 Å². The summed E-state index contributed by atoms with van der Waals surface area (Å²) in [7, 11) is 1.26. The highest BCUT2D eigenvalue weighted by molar-refractivity contribution is 6.04. The van der Waals surface area contributed by atoms with Gasteiger partial charge < -0.3 is 29.7 Å². The first-order chi connectivity index (χ1) is 20.4. The fourth-order valence-corrected chi connectivity index (χ4v) is 5.72. The van der Waals surface area contributed by atoms with E-state index in [1.54, 1.807) is 24.3 Å². The molecule has 2 aliphatic heterocycles. The van der Waals surface area contributed by atoms with Gasteiger partial charge in [-0.05, 0) is 49.1 Å². The second-order valence-corrected chi connectivity index (χ2v) is 10.5. The number of carbonyl (C=O) groups excluding carboxylic acids is 5. The van der Waals surface area contributed by atoms with Gasteiger partial charge >= 0.3 is 12.0 Å². The standard InChI is InChI=1S/C30H34N4O8/c1-40-29(38)20-7-2-4-9-22(20)32-27(36)17-34-23-10-5-3-8-21(23)28(37)33(30(34)39)14-6-11-26(35)31-16-19-12-13-24-25(15-19)42-18-41-24/h2,4,7,9,12-13,15,21,23H,3,5-6,8,10-11,14,16-18H2,1H3,(H,31,35)(H,32,36). The van der Waals surface area contributed by atoms with Crippen LogP contribution in [0.25, 0.3) is 0 Å². The van der Waals surface area contributed by atoms with Gasteiger partial charge in [0.1, 0.15) is 6.54 Å². The van der Waals surface area contributed by atoms with Crippen molar-refractivity contribution in [2.75, 3.05) is 32.3 Å². The number of nitrogens with one attached hydrogen (secondary N) is 2. The van der Waals surface area contributed by atoms with E-state index in [-0.39, 0.29) is 61.8 Å². The number of methoxy groups -OCH3 is 1. The Labute approximate surface area is 243 Å². The number of nitrogens with zero attached hydrogens (tertiary/aromatic N) is 2. The van der Waals surface area contributed by atoms with Crippen molar-refractivity contribution in [2.45, 2.75) is 51.1 Å². The Balaban J connectivity index is 1.18. The molecule has 0 bridgehead atoms. The Bertz CT molecular complexity index is 1380. The Morgan fingerprint density at radius 3 is 2.62 bits per heavy atom. The Kier molecular flexibility index (Phi) is 8.89. The fraction of sp³-hybridized carbons (Fsp3) is 0.433. The van der Waals surface area contributed by atoms with E-state index in [1.165, 1.54) is 23.0 Å². The van der Waals surface area contributed by atoms with Gasteiger partial charge in [0.25, 0.3) is 0 Å². The minimum absolute atomic E-state index is 0.0711. The molecule has 2 aromatic rings. The molecule has 0 spiro atoms. The van der Waals surface area contributed by atoms with Crippen molar-refractivity contribution in [1.82, 2.24) is 15.1 Å². The first-order valence-electron chi connectivity index (χ1n) is 14.1. The van der Waals surface area contributed by atoms with Crippen LogP contribution in [-0.2, 0) is 25.7 Å². The lowest BCUT2D eigenvalue weighted by Gasteiger charge is -2.46. The van der Waals surface area contributed by atoms with E-state index in [0.29, 0.717) is 30.9 Å². The van der Waals surface area contributed by atoms with Crippen LogP contribution in [0, 0.1) is 5.92 Å². The number of benzene rings is 2. The van der Waals surface area contributed by atoms with E-state index in [0.717, 1.165) is 18.4 Å². The molecule has 12 nitrogen and oxygen atoms in total. The van der Waals surface area contributed by atoms with Crippen LogP contribution in [0.4, 0.5) is 10.5 Å². The molecule has 1 aliphatic carbocycles. The maximum atomic E-state index is 13.5. The molecule has 3 aliphatic rings. The molecular weight excluding hydrogens is 544 g/mol. The van der Waals surface area contributed by atoms with Crippen molar-refractivity contribution in [2.24, 2.45) is 5.92 Å². The summed E-state index contributed by atoms with van der Waals surface area (Å²) in [4.78, 5) is 67.2. The zero-order valence-corrected chi connectivity index (χ0v) is 23.4. The van der Waals surface area contributed by atoms with Crippen LogP contribution >= 0.6 is 0 Å². The first-order valence-corrected chi connectivity index (χ1v) is 14.1. The number of hydrogen-bond acceptors (Lipinski definition) is 8. The van der Waals surface area contributed by atoms with Crippen LogP contribution < -0.4 is 20.1 Å². The van der Waals surface area contributed by atoms with Gasteiger partial charge in [0.15, 0.2) is 11.5 Å². The quantitative estimate of drug-likeness (QED) is 0.410. The smallest absolute Gasteiger partial charge is 0.339 e. The summed E-state index contributed by atoms with van der Waals surface area (Å²) in [6, 6.07) is 11.0. The highest BCUT2D eigenvalue weighted by Crippen LogP contribution is 2.35. The number of hydrogen-bond donors (Lipinski definition) is 2. The number of rotatable bonds is 10. The third-order valence-electron chi connectivity index (χ3n) is 7.82. The summed E-state index contributed by atoms with van der Waals surface area (Å²) in [5.41, 5.74) is 1.33. The van der Waals surface area contributed by atoms with Crippen molar-refractivity contribution in [3.8, 4) is 11.5 Å². The third kappa shape index (κ3) is 6.32. The fourth-order valence-electron chi connectivity index (χ4n) is 5.72. The van der Waals surface area contributed by atoms with Crippen LogP contribution in [-0.4, -0.2) is 72.6 Å². The summed E-state index contributed by atoms with van der Waals surface area (Å²) >= 11 is 0. The first kappa shape index (κ1) is 28.9. The van der Waals surface area contributed by atoms with E-state index < -0.39 is 23.8 Å². The highest BCUT2D eigenvalue weighted by Gasteiger charge is 2.47. The average Bonchev–Trinajstić information content (AvgIpc) is 3.48. The maximum absolute atomic E-state index is 13.5. The van der Waals surface area contributed by atoms with Gasteiger partial charge in [-0.1, -0.05) is 31.0 Å². The summed E-state index contributed by atoms with van der Waals surface area (Å²) in [6.07, 6.45) is 3.39. The Morgan fingerprint density at radius 1 is 1.00 bits per heavy atom. The summed E-state index contributed by atoms with van der Waals surface area (Å²) in [6.45, 7) is 0.284. The lowest BCUT2D eigenvalue weighted by molar-refractivity contribution is -0.142. The molecule has 2 atom stereocenters. The number of urea groups is 1. The van der Waals surface area contributed by atoms with E-state index in [4.69, 9.17) is 14.2 Å². The molecule has 12 heteroatoms. The largest absolute Gasteiger partial charge is 0.465 e. The van der Waals surface area contributed by atoms with Crippen molar-refractivity contribution in [3.63, 3.8) is 0 Å². The molecule has 2 heterocycles. The number of amides is 5. The number of carbonyl (C=O) groups is 5. The van der Waals surface area contributed by atoms with Gasteiger partial charge in [-0.15, -0.1) is 0 Å². The summed E-state index contributed by atoms with van der Waals surface area (Å²) in [5.74, 6) is -0.634. The van der Waals surface area contributed by atoms with Gasteiger partial charge in [-0.3, -0.25) is 19.3 Å². The molecule has 1 saturated heterocycles. The molecule has 5 rings (SSSR count). The van der Waals surface area contributed by atoms with Crippen LogP contribution in [0.5, 0.6) is 11.5 Å². The minimum Gasteiger partial charge on any atom is -0.465 e. The zero-order valence-electron chi connectivity index (χ0n) is 23.4. The van der Waals surface area contributed by atoms with Crippen LogP contribution in [0.15, 0.2) is 42.5 Å². The normalized spacial score (nSPS) is 19.3. The molecule has 2 N–H and O–H groups in total. The average molecular weight is 579 g/mol. The molecule has 0 radical (unpaired) electrons. The third-order valence-corrected chi connectivity index (χ3v) is 7.82. The monoisotopic (exact) mass is 578 g/mol. The molecule has 2 unspecified atom stereocenters. The van der Waals surface area contributed by atoms with Crippen molar-refractivity contribution >= 4 is 35.4 Å². The van der Waals surface area contributed by atoms with Crippen LogP contribution in [0.2, 0.25) is 0 Å². The SMILES string of the molecule is COC(=O)c1ccccc1NC(=O)CN1C(=O)N(CCCC(=O)NCc2ccc3c(c2)OCO3)C(=O)C2CCCCC21. The van der Waals surface area contributed by atoms with E-state index in [2.05, 4.69) is 10.6 Å². The van der Waals surface area contributed by atoms with Gasteiger partial charge in [0.05, 0.1) is 24.3 Å². The topological polar surface area (TPSA) is 144 Å². The maximum Gasteiger partial charge on any atom is 0.339 e. The molecule has 42 heavy (non-hydrogen) atoms. The molecule has 2 aromatic carbocycles. The lowest BCUT2D eigenvalue weighted by atomic mass is 9.81. The second kappa shape index (κ2) is 12.9. The zero-order chi connectivity index (χ0) is 29.6. The number of para-hydroxylation sites is 1. The molecule has 1 saturated carbocycles.